The number of anilines is 1. The van der Waals surface area contributed by atoms with Crippen molar-refractivity contribution in [3.8, 4) is 22.6 Å². The van der Waals surface area contributed by atoms with Gasteiger partial charge in [0, 0.05) is 32.4 Å². The number of rotatable bonds is 4. The molecule has 1 aromatic heterocycles. The van der Waals surface area contributed by atoms with Crippen LogP contribution in [0, 0.1) is 0 Å². The second kappa shape index (κ2) is 7.29. The second-order valence-corrected chi connectivity index (χ2v) is 6.51. The fraction of sp³-hybridized carbons (Fsp3) is 0.111. The molecule has 2 heterocycles. The number of carbonyl (C=O) groups is 1. The van der Waals surface area contributed by atoms with E-state index in [0.717, 1.165) is 15.6 Å². The van der Waals surface area contributed by atoms with Crippen molar-refractivity contribution in [2.45, 2.75) is 6.92 Å². The lowest BCUT2D eigenvalue weighted by Gasteiger charge is -2.09. The molecule has 0 atom stereocenters. The molecular formula is C18H14BrClN2O3. The summed E-state index contributed by atoms with van der Waals surface area (Å²) in [5.41, 5.74) is 2.17. The molecule has 0 unspecified atom stereocenters. The third kappa shape index (κ3) is 3.70. The number of pyridine rings is 1. The van der Waals surface area contributed by atoms with Gasteiger partial charge in [0.05, 0.1) is 0 Å². The van der Waals surface area contributed by atoms with Gasteiger partial charge in [0.25, 0.3) is 5.91 Å². The Morgan fingerprint density at radius 3 is 2.72 bits per heavy atom. The summed E-state index contributed by atoms with van der Waals surface area (Å²) in [5, 5.41) is 3.00. The Kier molecular flexibility index (Phi) is 5.11. The Labute approximate surface area is 158 Å². The van der Waals surface area contributed by atoms with Crippen LogP contribution in [0.5, 0.6) is 11.5 Å². The molecular weight excluding hydrogens is 408 g/mol. The number of hydrogen-bond donors (Lipinski definition) is 1. The number of fused-ring (bicyclic) bond motifs is 1. The Morgan fingerprint density at radius 1 is 1.36 bits per heavy atom. The standard InChI is InChI=1S/C18H14BrClN2O3/c1-3-14(20)10(2)18(23)22-17-5-4-11(8-21-17)12-6-15-16(7-13(12)19)25-9-24-15/h3-8H,1,9H2,2H3,(H,21,22,23)/b14-10-. The van der Waals surface area contributed by atoms with Crippen LogP contribution in [-0.4, -0.2) is 17.7 Å². The largest absolute Gasteiger partial charge is 0.454 e. The lowest BCUT2D eigenvalue weighted by molar-refractivity contribution is -0.112. The minimum absolute atomic E-state index is 0.217. The van der Waals surface area contributed by atoms with Gasteiger partial charge in [-0.1, -0.05) is 40.2 Å². The van der Waals surface area contributed by atoms with Gasteiger partial charge in [-0.25, -0.2) is 4.98 Å². The Bertz CT molecular complexity index is 879. The number of benzene rings is 1. The highest BCUT2D eigenvalue weighted by molar-refractivity contribution is 9.10. The molecule has 0 radical (unpaired) electrons. The highest BCUT2D eigenvalue weighted by Crippen LogP contribution is 2.40. The fourth-order valence-corrected chi connectivity index (χ4v) is 2.87. The van der Waals surface area contributed by atoms with E-state index < -0.39 is 0 Å². The van der Waals surface area contributed by atoms with Crippen LogP contribution >= 0.6 is 27.5 Å². The first-order valence-electron chi connectivity index (χ1n) is 7.35. The average Bonchev–Trinajstić information content (AvgIpc) is 3.07. The molecule has 0 fully saturated rings. The van der Waals surface area contributed by atoms with Gasteiger partial charge in [0.1, 0.15) is 5.82 Å². The maximum absolute atomic E-state index is 12.1. The zero-order chi connectivity index (χ0) is 18.0. The van der Waals surface area contributed by atoms with Gasteiger partial charge in [-0.3, -0.25) is 4.79 Å². The van der Waals surface area contributed by atoms with E-state index in [1.807, 2.05) is 18.2 Å². The van der Waals surface area contributed by atoms with Crippen molar-refractivity contribution in [1.29, 1.82) is 0 Å². The molecule has 7 heteroatoms. The summed E-state index contributed by atoms with van der Waals surface area (Å²) in [6.45, 7) is 5.38. The number of ether oxygens (including phenoxy) is 2. The molecule has 1 aliphatic rings. The quantitative estimate of drug-likeness (QED) is 0.565. The van der Waals surface area contributed by atoms with Gasteiger partial charge >= 0.3 is 0 Å². The minimum atomic E-state index is -0.325. The van der Waals surface area contributed by atoms with Gasteiger partial charge in [-0.2, -0.15) is 0 Å². The number of halogens is 2. The van der Waals surface area contributed by atoms with Crippen LogP contribution < -0.4 is 14.8 Å². The summed E-state index contributed by atoms with van der Waals surface area (Å²) in [6.07, 6.45) is 3.09. The number of carbonyl (C=O) groups excluding carboxylic acids is 1. The van der Waals surface area contributed by atoms with Gasteiger partial charge in [0.15, 0.2) is 11.5 Å². The molecule has 1 aromatic carbocycles. The number of aromatic nitrogens is 1. The van der Waals surface area contributed by atoms with Crippen LogP contribution in [0.2, 0.25) is 0 Å². The topological polar surface area (TPSA) is 60.5 Å². The monoisotopic (exact) mass is 420 g/mol. The number of allylic oxidation sites excluding steroid dienone is 2. The molecule has 25 heavy (non-hydrogen) atoms. The van der Waals surface area contributed by atoms with E-state index in [-0.39, 0.29) is 12.7 Å². The van der Waals surface area contributed by atoms with E-state index in [1.54, 1.807) is 19.2 Å². The Morgan fingerprint density at radius 2 is 2.08 bits per heavy atom. The van der Waals surface area contributed by atoms with Crippen molar-refractivity contribution in [2.24, 2.45) is 0 Å². The molecule has 1 aliphatic heterocycles. The van der Waals surface area contributed by atoms with Gasteiger partial charge < -0.3 is 14.8 Å². The Balaban J connectivity index is 1.82. The zero-order valence-electron chi connectivity index (χ0n) is 13.3. The molecule has 0 bridgehead atoms. The summed E-state index contributed by atoms with van der Waals surface area (Å²) in [6, 6.07) is 7.33. The summed E-state index contributed by atoms with van der Waals surface area (Å²) in [7, 11) is 0. The molecule has 0 aliphatic carbocycles. The highest BCUT2D eigenvalue weighted by atomic mass is 79.9. The van der Waals surface area contributed by atoms with Crippen molar-refractivity contribution in [1.82, 2.24) is 4.98 Å². The minimum Gasteiger partial charge on any atom is -0.454 e. The third-order valence-corrected chi connectivity index (χ3v) is 4.75. The lowest BCUT2D eigenvalue weighted by Crippen LogP contribution is -2.14. The smallest absolute Gasteiger partial charge is 0.253 e. The normalized spacial score (nSPS) is 13.2. The van der Waals surface area contributed by atoms with Crippen molar-refractivity contribution in [3.05, 3.63) is 58.2 Å². The van der Waals surface area contributed by atoms with E-state index in [2.05, 4.69) is 32.8 Å². The van der Waals surface area contributed by atoms with E-state index >= 15 is 0 Å². The first kappa shape index (κ1) is 17.5. The molecule has 1 N–H and O–H groups in total. The number of amides is 1. The van der Waals surface area contributed by atoms with E-state index in [9.17, 15) is 4.79 Å². The van der Waals surface area contributed by atoms with Crippen molar-refractivity contribution < 1.29 is 14.3 Å². The summed E-state index contributed by atoms with van der Waals surface area (Å²) >= 11 is 9.42. The second-order valence-electron chi connectivity index (χ2n) is 5.25. The lowest BCUT2D eigenvalue weighted by atomic mass is 10.1. The zero-order valence-corrected chi connectivity index (χ0v) is 15.6. The van der Waals surface area contributed by atoms with Gasteiger partial charge in [-0.05, 0) is 31.2 Å². The van der Waals surface area contributed by atoms with Gasteiger partial charge in [-0.15, -0.1) is 0 Å². The molecule has 0 spiro atoms. The molecule has 0 saturated carbocycles. The molecule has 2 aromatic rings. The van der Waals surface area contributed by atoms with Crippen molar-refractivity contribution in [3.63, 3.8) is 0 Å². The van der Waals surface area contributed by atoms with E-state index in [0.29, 0.717) is 27.9 Å². The number of nitrogens with zero attached hydrogens (tertiary/aromatic N) is 1. The predicted molar refractivity (Wildman–Crippen MR) is 101 cm³/mol. The van der Waals surface area contributed by atoms with Gasteiger partial charge in [0.2, 0.25) is 6.79 Å². The van der Waals surface area contributed by atoms with E-state index in [1.165, 1.54) is 6.08 Å². The highest BCUT2D eigenvalue weighted by Gasteiger charge is 2.17. The van der Waals surface area contributed by atoms with Crippen LogP contribution in [0.25, 0.3) is 11.1 Å². The summed E-state index contributed by atoms with van der Waals surface area (Å²) < 4.78 is 11.6. The van der Waals surface area contributed by atoms with Crippen molar-refractivity contribution in [2.75, 3.05) is 12.1 Å². The molecule has 3 rings (SSSR count). The van der Waals surface area contributed by atoms with Crippen molar-refractivity contribution >= 4 is 39.3 Å². The summed E-state index contributed by atoms with van der Waals surface area (Å²) in [4.78, 5) is 16.4. The summed E-state index contributed by atoms with van der Waals surface area (Å²) in [5.74, 6) is 1.50. The van der Waals surface area contributed by atoms with Crippen LogP contribution in [0.4, 0.5) is 5.82 Å². The first-order valence-corrected chi connectivity index (χ1v) is 8.52. The van der Waals surface area contributed by atoms with Crippen LogP contribution in [0.3, 0.4) is 0 Å². The predicted octanol–water partition coefficient (Wildman–Crippen LogP) is 4.88. The SMILES string of the molecule is C=C/C(Cl)=C(\C)C(=O)Nc1ccc(-c2cc3c(cc2Br)OCO3)cn1. The number of hydrogen-bond acceptors (Lipinski definition) is 4. The number of nitrogens with one attached hydrogen (secondary N) is 1. The molecule has 1 amide bonds. The maximum Gasteiger partial charge on any atom is 0.253 e. The molecule has 0 saturated heterocycles. The molecule has 5 nitrogen and oxygen atoms in total. The fourth-order valence-electron chi connectivity index (χ4n) is 2.24. The average molecular weight is 422 g/mol. The van der Waals surface area contributed by atoms with Crippen LogP contribution in [0.1, 0.15) is 6.92 Å². The van der Waals surface area contributed by atoms with E-state index in [4.69, 9.17) is 21.1 Å². The first-order chi connectivity index (χ1) is 12.0. The maximum atomic E-state index is 12.1. The van der Waals surface area contributed by atoms with Crippen LogP contribution in [0.15, 0.2) is 58.2 Å². The third-order valence-electron chi connectivity index (χ3n) is 3.66. The molecule has 128 valence electrons. The Hall–Kier alpha value is -2.31. The van der Waals surface area contributed by atoms with Crippen LogP contribution in [-0.2, 0) is 4.79 Å².